The molecule has 0 rings (SSSR count). The smallest absolute Gasteiger partial charge is 0.462 e. The van der Waals surface area contributed by atoms with E-state index < -0.39 is 97.5 Å². The summed E-state index contributed by atoms with van der Waals surface area (Å²) < 4.78 is 68.5. The molecule has 0 saturated heterocycles. The van der Waals surface area contributed by atoms with Crippen molar-refractivity contribution in [3.05, 3.63) is 0 Å². The summed E-state index contributed by atoms with van der Waals surface area (Å²) in [4.78, 5) is 72.8. The van der Waals surface area contributed by atoms with Crippen molar-refractivity contribution in [2.75, 3.05) is 39.6 Å². The third kappa shape index (κ3) is 73.0. The van der Waals surface area contributed by atoms with Gasteiger partial charge in [0.1, 0.15) is 19.3 Å². The number of carbonyl (C=O) groups is 4. The second-order valence-corrected chi connectivity index (χ2v) is 32.3. The van der Waals surface area contributed by atoms with Crippen LogP contribution in [-0.4, -0.2) is 96.7 Å². The Kier molecular flexibility index (Phi) is 72.5. The molecule has 0 bridgehead atoms. The molecule has 0 aromatic rings. The summed E-state index contributed by atoms with van der Waals surface area (Å²) in [6, 6.07) is 0. The van der Waals surface area contributed by atoms with Gasteiger partial charge in [-0.3, -0.25) is 37.3 Å². The lowest BCUT2D eigenvalue weighted by atomic mass is 9.99. The summed E-state index contributed by atoms with van der Waals surface area (Å²) in [5, 5.41) is 10.6. The van der Waals surface area contributed by atoms with Gasteiger partial charge in [0.05, 0.1) is 26.4 Å². The van der Waals surface area contributed by atoms with Crippen LogP contribution in [0.15, 0.2) is 0 Å². The highest BCUT2D eigenvalue weighted by atomic mass is 31.2. The number of aliphatic hydroxyl groups excluding tert-OH is 1. The van der Waals surface area contributed by atoms with Gasteiger partial charge >= 0.3 is 39.5 Å². The van der Waals surface area contributed by atoms with Crippen LogP contribution in [0.25, 0.3) is 0 Å². The van der Waals surface area contributed by atoms with E-state index in [-0.39, 0.29) is 25.7 Å². The highest BCUT2D eigenvalue weighted by Gasteiger charge is 2.30. The average Bonchev–Trinajstić information content (AvgIpc) is 0.962. The van der Waals surface area contributed by atoms with Gasteiger partial charge in [-0.05, 0) is 31.6 Å². The molecule has 0 fully saturated rings. The number of ether oxygens (including phenoxy) is 4. The van der Waals surface area contributed by atoms with Gasteiger partial charge in [0.25, 0.3) is 0 Å². The SMILES string of the molecule is CCCCCCCCCCCCCCCCCCCCCCCC(=O)OC[C@H](COP(=O)(O)OC[C@@H](O)COP(=O)(O)OC[C@@H](COC(=O)CCCCCCCCCC)OC(=O)CCCCCCCCCCC)OC(=O)CCCCCCCCCCCCCCCCCCCCC(C)CC. The zero-order valence-corrected chi connectivity index (χ0v) is 67.1. The Hall–Kier alpha value is -1.94. The van der Waals surface area contributed by atoms with Crippen LogP contribution in [0.1, 0.15) is 433 Å². The maximum Gasteiger partial charge on any atom is 0.472 e. The molecule has 0 saturated carbocycles. The first-order chi connectivity index (χ1) is 48.6. The van der Waals surface area contributed by atoms with Crippen molar-refractivity contribution in [2.24, 2.45) is 5.92 Å². The fourth-order valence-electron chi connectivity index (χ4n) is 12.6. The fourth-order valence-corrected chi connectivity index (χ4v) is 14.1. The Bertz CT molecular complexity index is 1910. The lowest BCUT2D eigenvalue weighted by Gasteiger charge is -2.21. The molecule has 0 radical (unpaired) electrons. The van der Waals surface area contributed by atoms with Crippen LogP contribution >= 0.6 is 15.6 Å². The normalized spacial score (nSPS) is 14.1. The number of unbranched alkanes of at least 4 members (excludes halogenated alkanes) is 52. The molecule has 0 heterocycles. The molecule has 0 aliphatic rings. The van der Waals surface area contributed by atoms with E-state index in [9.17, 15) is 43.2 Å². The monoisotopic (exact) mass is 1470 g/mol. The number of aliphatic hydroxyl groups is 1. The van der Waals surface area contributed by atoms with Gasteiger partial charge in [0.15, 0.2) is 12.2 Å². The molecular formula is C81H158O17P2. The van der Waals surface area contributed by atoms with Gasteiger partial charge in [0, 0.05) is 25.7 Å². The molecule has 0 aliphatic heterocycles. The molecular weight excluding hydrogens is 1310 g/mol. The van der Waals surface area contributed by atoms with E-state index >= 15 is 0 Å². The van der Waals surface area contributed by atoms with Crippen LogP contribution in [0.4, 0.5) is 0 Å². The predicted octanol–water partition coefficient (Wildman–Crippen LogP) is 24.4. The topological polar surface area (TPSA) is 237 Å². The molecule has 6 atom stereocenters. The van der Waals surface area contributed by atoms with Crippen LogP contribution < -0.4 is 0 Å². The summed E-state index contributed by atoms with van der Waals surface area (Å²) in [6.07, 6.45) is 65.5. The number of hydrogen-bond acceptors (Lipinski definition) is 15. The molecule has 0 spiro atoms. The molecule has 3 N–H and O–H groups in total. The summed E-state index contributed by atoms with van der Waals surface area (Å²) in [6.45, 7) is 7.34. The molecule has 19 heteroatoms. The van der Waals surface area contributed by atoms with Gasteiger partial charge in [-0.25, -0.2) is 9.13 Å². The molecule has 3 unspecified atom stereocenters. The van der Waals surface area contributed by atoms with E-state index in [2.05, 4.69) is 34.6 Å². The lowest BCUT2D eigenvalue weighted by Crippen LogP contribution is -2.30. The molecule has 0 amide bonds. The van der Waals surface area contributed by atoms with Gasteiger partial charge in [-0.15, -0.1) is 0 Å². The summed E-state index contributed by atoms with van der Waals surface area (Å²) in [5.74, 6) is -1.24. The second-order valence-electron chi connectivity index (χ2n) is 29.4. The molecule has 17 nitrogen and oxygen atoms in total. The molecule has 0 aliphatic carbocycles. The maximum atomic E-state index is 13.1. The number of carbonyl (C=O) groups excluding carboxylic acids is 4. The van der Waals surface area contributed by atoms with Gasteiger partial charge in [-0.1, -0.05) is 381 Å². The average molecular weight is 1470 g/mol. The van der Waals surface area contributed by atoms with Crippen molar-refractivity contribution in [3.63, 3.8) is 0 Å². The minimum absolute atomic E-state index is 0.106. The van der Waals surface area contributed by atoms with Crippen molar-refractivity contribution in [2.45, 2.75) is 451 Å². The first kappa shape index (κ1) is 98.1. The van der Waals surface area contributed by atoms with Crippen LogP contribution in [0.3, 0.4) is 0 Å². The number of phosphoric acid groups is 2. The number of hydrogen-bond donors (Lipinski definition) is 3. The Morgan fingerprint density at radius 3 is 0.710 bits per heavy atom. The lowest BCUT2D eigenvalue weighted by molar-refractivity contribution is -0.161. The largest absolute Gasteiger partial charge is 0.472 e. The van der Waals surface area contributed by atoms with E-state index in [1.54, 1.807) is 0 Å². The quantitative estimate of drug-likeness (QED) is 0.0222. The van der Waals surface area contributed by atoms with Gasteiger partial charge < -0.3 is 33.8 Å². The fraction of sp³-hybridized carbons (Fsp3) is 0.951. The van der Waals surface area contributed by atoms with Crippen molar-refractivity contribution in [1.29, 1.82) is 0 Å². The Morgan fingerprint density at radius 2 is 0.480 bits per heavy atom. The van der Waals surface area contributed by atoms with E-state index in [0.29, 0.717) is 25.7 Å². The van der Waals surface area contributed by atoms with Crippen molar-refractivity contribution in [3.8, 4) is 0 Å². The van der Waals surface area contributed by atoms with Gasteiger partial charge in [0.2, 0.25) is 0 Å². The highest BCUT2D eigenvalue weighted by molar-refractivity contribution is 7.47. The molecule has 0 aromatic carbocycles. The summed E-state index contributed by atoms with van der Waals surface area (Å²) in [7, 11) is -9.91. The molecule has 594 valence electrons. The third-order valence-electron chi connectivity index (χ3n) is 19.4. The van der Waals surface area contributed by atoms with Crippen LogP contribution in [-0.2, 0) is 65.4 Å². The van der Waals surface area contributed by atoms with E-state index in [0.717, 1.165) is 102 Å². The van der Waals surface area contributed by atoms with E-state index in [1.807, 2.05) is 0 Å². The number of rotatable bonds is 81. The molecule has 100 heavy (non-hydrogen) atoms. The molecule has 0 aromatic heterocycles. The summed E-state index contributed by atoms with van der Waals surface area (Å²) >= 11 is 0. The van der Waals surface area contributed by atoms with Crippen LogP contribution in [0.2, 0.25) is 0 Å². The predicted molar refractivity (Wildman–Crippen MR) is 409 cm³/mol. The first-order valence-electron chi connectivity index (χ1n) is 42.2. The Balaban J connectivity index is 5.12. The first-order valence-corrected chi connectivity index (χ1v) is 45.2. The highest BCUT2D eigenvalue weighted by Crippen LogP contribution is 2.45. The zero-order chi connectivity index (χ0) is 73.4. The maximum absolute atomic E-state index is 13.1. The van der Waals surface area contributed by atoms with Crippen molar-refractivity contribution >= 4 is 39.5 Å². The summed E-state index contributed by atoms with van der Waals surface area (Å²) in [5.41, 5.74) is 0. The number of phosphoric ester groups is 2. The Morgan fingerprint density at radius 1 is 0.280 bits per heavy atom. The Labute approximate surface area is 613 Å². The standard InChI is InChI=1S/C81H158O17P2/c1-6-10-13-16-19-22-23-24-25-26-27-28-29-33-36-39-42-46-50-55-60-65-79(84)92-71-77(98-81(86)67-62-57-52-47-43-40-37-34-31-30-32-35-38-41-45-48-53-58-63-74(5)9-4)73-96-100(89,90)94-69-75(82)68-93-99(87,88)95-72-76(70-91-78(83)64-59-54-49-21-18-15-12-8-3)97-80(85)66-61-56-51-44-20-17-14-11-7-2/h74-77,82H,6-73H2,1-5H3,(H,87,88)(H,89,90)/t74?,75-,76+,77+/m0/s1. The van der Waals surface area contributed by atoms with Gasteiger partial charge in [-0.2, -0.15) is 0 Å². The third-order valence-corrected chi connectivity index (χ3v) is 21.3. The van der Waals surface area contributed by atoms with Crippen LogP contribution in [0.5, 0.6) is 0 Å². The number of esters is 4. The van der Waals surface area contributed by atoms with Crippen LogP contribution in [0, 0.1) is 5.92 Å². The minimum Gasteiger partial charge on any atom is -0.462 e. The minimum atomic E-state index is -4.96. The van der Waals surface area contributed by atoms with E-state index in [1.165, 1.54) is 250 Å². The zero-order valence-electron chi connectivity index (χ0n) is 65.3. The van der Waals surface area contributed by atoms with Crippen molar-refractivity contribution < 1.29 is 80.2 Å². The van der Waals surface area contributed by atoms with Crippen molar-refractivity contribution in [1.82, 2.24) is 0 Å². The van der Waals surface area contributed by atoms with E-state index in [4.69, 9.17) is 37.0 Å². The second kappa shape index (κ2) is 73.9.